The molecule has 94 valence electrons. The Kier molecular flexibility index (Phi) is 3.93. The van der Waals surface area contributed by atoms with Crippen molar-refractivity contribution in [3.8, 4) is 17.8 Å². The molecule has 0 radical (unpaired) electrons. The number of ether oxygens (including phenoxy) is 2. The van der Waals surface area contributed by atoms with E-state index in [4.69, 9.17) is 21.1 Å². The molecule has 18 heavy (non-hydrogen) atoms. The zero-order valence-electron chi connectivity index (χ0n) is 9.02. The van der Waals surface area contributed by atoms with Crippen LogP contribution in [0, 0.1) is 5.82 Å². The standard InChI is InChI=1S/C10H6BrClFN3O2/c1-17-9-14-8(12)15-10(16-9)18-5-2-3-6(11)7(13)4-5/h2-4H,1H3. The van der Waals surface area contributed by atoms with Crippen LogP contribution < -0.4 is 9.47 Å². The second-order valence-electron chi connectivity index (χ2n) is 3.05. The molecule has 0 aliphatic heterocycles. The van der Waals surface area contributed by atoms with Crippen LogP contribution >= 0.6 is 27.5 Å². The molecule has 0 N–H and O–H groups in total. The van der Waals surface area contributed by atoms with E-state index in [0.29, 0.717) is 4.47 Å². The SMILES string of the molecule is COc1nc(Cl)nc(Oc2ccc(Br)c(F)c2)n1. The summed E-state index contributed by atoms with van der Waals surface area (Å²) in [6.07, 6.45) is 0. The quantitative estimate of drug-likeness (QED) is 0.862. The van der Waals surface area contributed by atoms with Gasteiger partial charge in [-0.15, -0.1) is 4.98 Å². The molecule has 1 heterocycles. The van der Waals surface area contributed by atoms with E-state index in [1.807, 2.05) is 0 Å². The summed E-state index contributed by atoms with van der Waals surface area (Å²) in [5.74, 6) is -0.223. The summed E-state index contributed by atoms with van der Waals surface area (Å²) in [6.45, 7) is 0. The Morgan fingerprint density at radius 2 is 1.94 bits per heavy atom. The van der Waals surface area contributed by atoms with E-state index in [2.05, 4.69) is 30.9 Å². The fourth-order valence-electron chi connectivity index (χ4n) is 1.10. The molecule has 2 rings (SSSR count). The third-order valence-electron chi connectivity index (χ3n) is 1.85. The van der Waals surface area contributed by atoms with Crippen molar-refractivity contribution in [3.05, 3.63) is 33.8 Å². The van der Waals surface area contributed by atoms with Gasteiger partial charge in [-0.05, 0) is 39.7 Å². The van der Waals surface area contributed by atoms with E-state index >= 15 is 0 Å². The van der Waals surface area contributed by atoms with Crippen LogP contribution in [0.5, 0.6) is 17.8 Å². The van der Waals surface area contributed by atoms with Gasteiger partial charge in [0.25, 0.3) is 0 Å². The molecule has 0 saturated carbocycles. The molecule has 0 saturated heterocycles. The maximum Gasteiger partial charge on any atom is 0.329 e. The molecule has 0 aliphatic rings. The second kappa shape index (κ2) is 5.45. The Morgan fingerprint density at radius 1 is 1.22 bits per heavy atom. The molecule has 2 aromatic rings. The molecule has 0 amide bonds. The first kappa shape index (κ1) is 13.0. The van der Waals surface area contributed by atoms with E-state index in [9.17, 15) is 4.39 Å². The number of methoxy groups -OCH3 is 1. The third kappa shape index (κ3) is 3.05. The Bertz CT molecular complexity index is 585. The van der Waals surface area contributed by atoms with Gasteiger partial charge in [0.15, 0.2) is 0 Å². The Labute approximate surface area is 115 Å². The summed E-state index contributed by atoms with van der Waals surface area (Å²) in [7, 11) is 1.38. The van der Waals surface area contributed by atoms with Crippen molar-refractivity contribution in [3.63, 3.8) is 0 Å². The number of rotatable bonds is 3. The predicted molar refractivity (Wildman–Crippen MR) is 65.6 cm³/mol. The average Bonchev–Trinajstić information content (AvgIpc) is 2.33. The fourth-order valence-corrected chi connectivity index (χ4v) is 1.49. The average molecular weight is 335 g/mol. The minimum absolute atomic E-state index is 0.0163. The van der Waals surface area contributed by atoms with Gasteiger partial charge in [0, 0.05) is 6.07 Å². The highest BCUT2D eigenvalue weighted by Crippen LogP contribution is 2.24. The molecular formula is C10H6BrClFN3O2. The molecule has 1 aromatic heterocycles. The maximum absolute atomic E-state index is 13.3. The molecule has 8 heteroatoms. The van der Waals surface area contributed by atoms with Crippen molar-refractivity contribution >= 4 is 27.5 Å². The summed E-state index contributed by atoms with van der Waals surface area (Å²) < 4.78 is 23.7. The van der Waals surface area contributed by atoms with Crippen molar-refractivity contribution < 1.29 is 13.9 Å². The van der Waals surface area contributed by atoms with Crippen LogP contribution in [0.1, 0.15) is 0 Å². The summed E-state index contributed by atoms with van der Waals surface area (Å²) in [4.78, 5) is 11.2. The normalized spacial score (nSPS) is 10.2. The molecular weight excluding hydrogens is 328 g/mol. The molecule has 0 bridgehead atoms. The van der Waals surface area contributed by atoms with Gasteiger partial charge >= 0.3 is 12.0 Å². The lowest BCUT2D eigenvalue weighted by atomic mass is 10.3. The van der Waals surface area contributed by atoms with Gasteiger partial charge in [0.1, 0.15) is 11.6 Å². The molecule has 1 aromatic carbocycles. The summed E-state index contributed by atoms with van der Waals surface area (Å²) in [5, 5.41) is -0.0746. The first-order valence-electron chi connectivity index (χ1n) is 4.67. The van der Waals surface area contributed by atoms with Crippen molar-refractivity contribution in [2.24, 2.45) is 0 Å². The van der Waals surface area contributed by atoms with Gasteiger partial charge in [-0.1, -0.05) is 0 Å². The minimum atomic E-state index is -0.459. The van der Waals surface area contributed by atoms with Crippen LogP contribution in [0.15, 0.2) is 22.7 Å². The molecule has 0 fully saturated rings. The van der Waals surface area contributed by atoms with Crippen LogP contribution in [0.3, 0.4) is 0 Å². The summed E-state index contributed by atoms with van der Waals surface area (Å²) in [5.41, 5.74) is 0. The molecule has 0 atom stereocenters. The Morgan fingerprint density at radius 3 is 2.61 bits per heavy atom. The van der Waals surface area contributed by atoms with Gasteiger partial charge in [-0.25, -0.2) is 4.39 Å². The van der Waals surface area contributed by atoms with Gasteiger partial charge in [-0.2, -0.15) is 9.97 Å². The molecule has 5 nitrogen and oxygen atoms in total. The van der Waals surface area contributed by atoms with Crippen LogP contribution in [0.25, 0.3) is 0 Å². The van der Waals surface area contributed by atoms with Gasteiger partial charge in [0.2, 0.25) is 5.28 Å². The highest BCUT2D eigenvalue weighted by Gasteiger charge is 2.08. The van der Waals surface area contributed by atoms with E-state index in [0.717, 1.165) is 0 Å². The lowest BCUT2D eigenvalue weighted by Crippen LogP contribution is -1.98. The summed E-state index contributed by atoms with van der Waals surface area (Å²) >= 11 is 8.68. The highest BCUT2D eigenvalue weighted by atomic mass is 79.9. The zero-order chi connectivity index (χ0) is 13.1. The predicted octanol–water partition coefficient (Wildman–Crippen LogP) is 3.23. The summed E-state index contributed by atoms with van der Waals surface area (Å²) in [6, 6.07) is 4.19. The molecule has 0 unspecified atom stereocenters. The smallest absolute Gasteiger partial charge is 0.329 e. The number of hydrogen-bond donors (Lipinski definition) is 0. The largest absolute Gasteiger partial charge is 0.467 e. The molecule has 0 aliphatic carbocycles. The lowest BCUT2D eigenvalue weighted by molar-refractivity contribution is 0.358. The molecule has 0 spiro atoms. The first-order chi connectivity index (χ1) is 8.58. The highest BCUT2D eigenvalue weighted by molar-refractivity contribution is 9.10. The van der Waals surface area contributed by atoms with Crippen molar-refractivity contribution in [2.45, 2.75) is 0 Å². The Hall–Kier alpha value is -1.47. The fraction of sp³-hybridized carbons (Fsp3) is 0.100. The monoisotopic (exact) mass is 333 g/mol. The number of halogens is 3. The van der Waals surface area contributed by atoms with E-state index < -0.39 is 5.82 Å². The topological polar surface area (TPSA) is 57.1 Å². The van der Waals surface area contributed by atoms with Crippen molar-refractivity contribution in [2.75, 3.05) is 7.11 Å². The van der Waals surface area contributed by atoms with Crippen LogP contribution in [0.2, 0.25) is 5.28 Å². The van der Waals surface area contributed by atoms with E-state index in [1.54, 1.807) is 6.07 Å². The van der Waals surface area contributed by atoms with Crippen molar-refractivity contribution in [1.82, 2.24) is 15.0 Å². The maximum atomic E-state index is 13.3. The van der Waals surface area contributed by atoms with Crippen molar-refractivity contribution in [1.29, 1.82) is 0 Å². The number of aromatic nitrogens is 3. The van der Waals surface area contributed by atoms with Crippen LogP contribution in [0.4, 0.5) is 4.39 Å². The van der Waals surface area contributed by atoms with E-state index in [1.165, 1.54) is 19.2 Å². The van der Waals surface area contributed by atoms with Gasteiger partial charge < -0.3 is 9.47 Å². The zero-order valence-corrected chi connectivity index (χ0v) is 11.4. The first-order valence-corrected chi connectivity index (χ1v) is 5.84. The third-order valence-corrected chi connectivity index (χ3v) is 2.66. The van der Waals surface area contributed by atoms with Crippen LogP contribution in [-0.2, 0) is 0 Å². The Balaban J connectivity index is 2.27. The number of nitrogens with zero attached hydrogens (tertiary/aromatic N) is 3. The van der Waals surface area contributed by atoms with E-state index in [-0.39, 0.29) is 23.1 Å². The lowest BCUT2D eigenvalue weighted by Gasteiger charge is -2.05. The number of benzene rings is 1. The van der Waals surface area contributed by atoms with Gasteiger partial charge in [-0.3, -0.25) is 0 Å². The minimum Gasteiger partial charge on any atom is -0.467 e. The van der Waals surface area contributed by atoms with Gasteiger partial charge in [0.05, 0.1) is 11.6 Å². The van der Waals surface area contributed by atoms with Crippen LogP contribution in [-0.4, -0.2) is 22.1 Å². The second-order valence-corrected chi connectivity index (χ2v) is 4.24. The number of hydrogen-bond acceptors (Lipinski definition) is 5.